The molecule has 1 atom stereocenters. The van der Waals surface area contributed by atoms with Gasteiger partial charge in [0.25, 0.3) is 0 Å². The summed E-state index contributed by atoms with van der Waals surface area (Å²) in [5.74, 6) is -0.382. The Hall–Kier alpha value is -1.91. The summed E-state index contributed by atoms with van der Waals surface area (Å²) in [4.78, 5) is 11.4. The molecule has 0 aromatic heterocycles. The van der Waals surface area contributed by atoms with Crippen molar-refractivity contribution in [3.05, 3.63) is 75.8 Å². The summed E-state index contributed by atoms with van der Waals surface area (Å²) in [5.41, 5.74) is 2.39. The van der Waals surface area contributed by atoms with E-state index in [0.717, 1.165) is 21.2 Å². The summed E-state index contributed by atoms with van der Waals surface area (Å²) >= 11 is 3.43. The molecule has 4 heteroatoms. The lowest BCUT2D eigenvalue weighted by Crippen LogP contribution is -2.00. The molecule has 0 fully saturated rings. The molecule has 0 saturated heterocycles. The van der Waals surface area contributed by atoms with Gasteiger partial charge in [-0.3, -0.25) is 0 Å². The summed E-state index contributed by atoms with van der Waals surface area (Å²) < 4.78 is 5.69. The molecular weight excluding hydrogens is 344 g/mol. The van der Waals surface area contributed by atoms with Crippen molar-refractivity contribution in [3.63, 3.8) is 0 Å². The van der Waals surface area contributed by atoms with Crippen LogP contribution in [0.3, 0.4) is 0 Å². The van der Waals surface area contributed by atoms with Gasteiger partial charge in [0, 0.05) is 10.5 Å². The maximum atomic E-state index is 11.4. The molecule has 1 unspecified atom stereocenters. The van der Waals surface area contributed by atoms with Gasteiger partial charge in [-0.1, -0.05) is 46.3 Å². The summed E-state index contributed by atoms with van der Waals surface area (Å²) in [6.45, 7) is 2.11. The van der Waals surface area contributed by atoms with E-state index < -0.39 is 6.10 Å². The molecule has 114 valence electrons. The number of aliphatic hydroxyl groups excluding tert-OH is 1. The van der Waals surface area contributed by atoms with Gasteiger partial charge in [0.05, 0.1) is 6.61 Å². The number of carbonyl (C=O) groups is 1. The Kier molecular flexibility index (Phi) is 5.92. The molecule has 2 aromatic rings. The van der Waals surface area contributed by atoms with E-state index in [9.17, 15) is 9.90 Å². The van der Waals surface area contributed by atoms with Crippen LogP contribution in [0.4, 0.5) is 0 Å². The van der Waals surface area contributed by atoms with Crippen molar-refractivity contribution in [2.24, 2.45) is 0 Å². The summed E-state index contributed by atoms with van der Waals surface area (Å²) in [5, 5.41) is 10.5. The first-order chi connectivity index (χ1) is 10.6. The van der Waals surface area contributed by atoms with E-state index in [2.05, 4.69) is 15.9 Å². The monoisotopic (exact) mass is 360 g/mol. The zero-order chi connectivity index (χ0) is 15.9. The van der Waals surface area contributed by atoms with Crippen LogP contribution in [0.1, 0.15) is 29.7 Å². The molecule has 2 rings (SSSR count). The molecule has 0 aliphatic heterocycles. The van der Waals surface area contributed by atoms with Crippen LogP contribution < -0.4 is 0 Å². The van der Waals surface area contributed by atoms with E-state index in [4.69, 9.17) is 4.74 Å². The van der Waals surface area contributed by atoms with Crippen molar-refractivity contribution in [1.82, 2.24) is 0 Å². The van der Waals surface area contributed by atoms with E-state index in [1.165, 1.54) is 6.08 Å². The number of benzene rings is 2. The molecule has 2 aromatic carbocycles. The van der Waals surface area contributed by atoms with E-state index in [1.54, 1.807) is 13.0 Å². The van der Waals surface area contributed by atoms with Crippen molar-refractivity contribution in [2.75, 3.05) is 6.61 Å². The number of aliphatic hydroxyl groups is 1. The average molecular weight is 361 g/mol. The number of carbonyl (C=O) groups excluding carboxylic acids is 1. The van der Waals surface area contributed by atoms with E-state index in [0.29, 0.717) is 6.61 Å². The fourth-order valence-electron chi connectivity index (χ4n) is 2.07. The minimum absolute atomic E-state index is 0.347. The van der Waals surface area contributed by atoms with E-state index in [-0.39, 0.29) is 5.97 Å². The highest BCUT2D eigenvalue weighted by Gasteiger charge is 2.11. The van der Waals surface area contributed by atoms with E-state index in [1.807, 2.05) is 48.5 Å². The predicted molar refractivity (Wildman–Crippen MR) is 90.3 cm³/mol. The topological polar surface area (TPSA) is 46.5 Å². The second-order valence-electron chi connectivity index (χ2n) is 4.72. The largest absolute Gasteiger partial charge is 0.463 e. The number of ether oxygens (including phenoxy) is 1. The first-order valence-corrected chi connectivity index (χ1v) is 7.77. The summed E-state index contributed by atoms with van der Waals surface area (Å²) in [7, 11) is 0. The number of hydrogen-bond acceptors (Lipinski definition) is 3. The lowest BCUT2D eigenvalue weighted by Gasteiger charge is -2.12. The van der Waals surface area contributed by atoms with Crippen molar-refractivity contribution >= 4 is 28.0 Å². The molecule has 0 radical (unpaired) electrons. The maximum absolute atomic E-state index is 11.4. The second kappa shape index (κ2) is 7.92. The molecule has 3 nitrogen and oxygen atoms in total. The van der Waals surface area contributed by atoms with Gasteiger partial charge in [0.15, 0.2) is 0 Å². The third-order valence-electron chi connectivity index (χ3n) is 3.07. The molecule has 1 N–H and O–H groups in total. The Balaban J connectivity index is 2.25. The van der Waals surface area contributed by atoms with Crippen molar-refractivity contribution < 1.29 is 14.6 Å². The van der Waals surface area contributed by atoms with Gasteiger partial charge in [-0.05, 0) is 47.9 Å². The van der Waals surface area contributed by atoms with Gasteiger partial charge in [0.2, 0.25) is 0 Å². The van der Waals surface area contributed by atoms with Crippen LogP contribution in [0.25, 0.3) is 6.08 Å². The molecule has 0 saturated carbocycles. The summed E-state index contributed by atoms with van der Waals surface area (Å²) in [6, 6.07) is 15.0. The molecule has 0 aliphatic rings. The van der Waals surface area contributed by atoms with Gasteiger partial charge in [-0.15, -0.1) is 0 Å². The van der Waals surface area contributed by atoms with Crippen LogP contribution in [-0.2, 0) is 9.53 Å². The zero-order valence-corrected chi connectivity index (χ0v) is 13.8. The SMILES string of the molecule is CCOC(=O)/C=C/c1cc(Br)cc(C(O)c2ccccc2)c1. The standard InChI is InChI=1S/C18H17BrO3/c1-2-22-17(20)9-8-13-10-15(12-16(19)11-13)18(21)14-6-4-3-5-7-14/h3-12,18,21H,2H2,1H3/b9-8+. The number of halogens is 1. The predicted octanol–water partition coefficient (Wildman–Crippen LogP) is 4.11. The first-order valence-electron chi connectivity index (χ1n) is 6.98. The first kappa shape index (κ1) is 16.5. The van der Waals surface area contributed by atoms with Crippen LogP contribution in [0, 0.1) is 0 Å². The maximum Gasteiger partial charge on any atom is 0.330 e. The molecule has 22 heavy (non-hydrogen) atoms. The lowest BCUT2D eigenvalue weighted by molar-refractivity contribution is -0.137. The third kappa shape index (κ3) is 4.55. The Morgan fingerprint density at radius 3 is 2.64 bits per heavy atom. The van der Waals surface area contributed by atoms with Crippen LogP contribution >= 0.6 is 15.9 Å². The van der Waals surface area contributed by atoms with Crippen molar-refractivity contribution in [3.8, 4) is 0 Å². The highest BCUT2D eigenvalue weighted by atomic mass is 79.9. The average Bonchev–Trinajstić information content (AvgIpc) is 2.53. The minimum Gasteiger partial charge on any atom is -0.463 e. The third-order valence-corrected chi connectivity index (χ3v) is 3.53. The van der Waals surface area contributed by atoms with Crippen molar-refractivity contribution in [1.29, 1.82) is 0 Å². The smallest absolute Gasteiger partial charge is 0.330 e. The molecular formula is C18H17BrO3. The Bertz CT molecular complexity index is 665. The zero-order valence-electron chi connectivity index (χ0n) is 12.2. The van der Waals surface area contributed by atoms with Gasteiger partial charge < -0.3 is 9.84 Å². The van der Waals surface area contributed by atoms with Gasteiger partial charge >= 0.3 is 5.97 Å². The van der Waals surface area contributed by atoms with Crippen molar-refractivity contribution in [2.45, 2.75) is 13.0 Å². The summed E-state index contributed by atoms with van der Waals surface area (Å²) in [6.07, 6.45) is 2.34. The number of esters is 1. The van der Waals surface area contributed by atoms with Crippen LogP contribution in [0.5, 0.6) is 0 Å². The fourth-order valence-corrected chi connectivity index (χ4v) is 2.60. The van der Waals surface area contributed by atoms with Crippen LogP contribution in [-0.4, -0.2) is 17.7 Å². The Morgan fingerprint density at radius 1 is 1.23 bits per heavy atom. The molecule has 0 spiro atoms. The van der Waals surface area contributed by atoms with Crippen LogP contribution in [0.15, 0.2) is 59.1 Å². The highest BCUT2D eigenvalue weighted by Crippen LogP contribution is 2.26. The number of hydrogen-bond donors (Lipinski definition) is 1. The Morgan fingerprint density at radius 2 is 1.95 bits per heavy atom. The normalized spacial score (nSPS) is 12.3. The molecule has 0 heterocycles. The van der Waals surface area contributed by atoms with E-state index >= 15 is 0 Å². The number of rotatable bonds is 5. The molecule has 0 amide bonds. The lowest BCUT2D eigenvalue weighted by atomic mass is 10.00. The molecule has 0 aliphatic carbocycles. The Labute approximate surface area is 138 Å². The second-order valence-corrected chi connectivity index (χ2v) is 5.63. The van der Waals surface area contributed by atoms with Crippen LogP contribution in [0.2, 0.25) is 0 Å². The van der Waals surface area contributed by atoms with Gasteiger partial charge in [0.1, 0.15) is 6.10 Å². The molecule has 0 bridgehead atoms. The highest BCUT2D eigenvalue weighted by molar-refractivity contribution is 9.10. The fraction of sp³-hybridized carbons (Fsp3) is 0.167. The van der Waals surface area contributed by atoms with Gasteiger partial charge in [-0.2, -0.15) is 0 Å². The quantitative estimate of drug-likeness (QED) is 0.644. The minimum atomic E-state index is -0.714. The van der Waals surface area contributed by atoms with Gasteiger partial charge in [-0.25, -0.2) is 4.79 Å².